The van der Waals surface area contributed by atoms with Gasteiger partial charge in [0.25, 0.3) is 0 Å². The van der Waals surface area contributed by atoms with Crippen LogP contribution in [0.4, 0.5) is 10.0 Å². The van der Waals surface area contributed by atoms with Crippen molar-refractivity contribution >= 4 is 33.2 Å². The first-order chi connectivity index (χ1) is 7.99. The molecule has 94 valence electrons. The summed E-state index contributed by atoms with van der Waals surface area (Å²) in [6.45, 7) is 2.79. The summed E-state index contributed by atoms with van der Waals surface area (Å²) in [7, 11) is 2.93. The monoisotopic (exact) mass is 258 g/mol. The van der Waals surface area contributed by atoms with Gasteiger partial charge in [-0.2, -0.15) is 0 Å². The van der Waals surface area contributed by atoms with Crippen molar-refractivity contribution in [3.63, 3.8) is 0 Å². The Morgan fingerprint density at radius 2 is 1.29 bits per heavy atom. The highest BCUT2D eigenvalue weighted by molar-refractivity contribution is 7.21. The van der Waals surface area contributed by atoms with E-state index in [9.17, 15) is 9.59 Å². The quantitative estimate of drug-likeness (QED) is 0.861. The summed E-state index contributed by atoms with van der Waals surface area (Å²) in [6, 6.07) is 0. The van der Waals surface area contributed by atoms with Gasteiger partial charge in [0.2, 0.25) is 11.8 Å². The van der Waals surface area contributed by atoms with Crippen LogP contribution in [0.15, 0.2) is 0 Å². The summed E-state index contributed by atoms with van der Waals surface area (Å²) in [5.74, 6) is 0.357. The molecule has 0 bridgehead atoms. The number of methoxy groups -OCH3 is 2. The molecule has 1 aromatic rings. The maximum atomic E-state index is 11.0. The number of thiophene rings is 1. The van der Waals surface area contributed by atoms with Crippen molar-refractivity contribution in [3.8, 4) is 11.5 Å². The third kappa shape index (κ3) is 3.10. The standard InChI is InChI=1S/C10H14N2O4S/c1-5(13)11-9-7(15-3)8(16-4)10(17-9)12-6(2)14/h1-4H3,(H,11,13)(H,12,14). The summed E-state index contributed by atoms with van der Waals surface area (Å²) in [5, 5.41) is 6.23. The molecule has 0 aromatic carbocycles. The molecular weight excluding hydrogens is 244 g/mol. The first-order valence-corrected chi connectivity index (χ1v) is 5.61. The van der Waals surface area contributed by atoms with Crippen LogP contribution >= 0.6 is 11.3 Å². The number of hydrogen-bond donors (Lipinski definition) is 2. The Labute approximate surface area is 103 Å². The van der Waals surface area contributed by atoms with Gasteiger partial charge in [-0.3, -0.25) is 9.59 Å². The third-order valence-electron chi connectivity index (χ3n) is 1.81. The van der Waals surface area contributed by atoms with Gasteiger partial charge < -0.3 is 20.1 Å². The predicted molar refractivity (Wildman–Crippen MR) is 66.0 cm³/mol. The van der Waals surface area contributed by atoms with Crippen molar-refractivity contribution in [3.05, 3.63) is 0 Å². The summed E-state index contributed by atoms with van der Waals surface area (Å²) in [6.07, 6.45) is 0. The van der Waals surface area contributed by atoms with Crippen LogP contribution in [0.25, 0.3) is 0 Å². The summed E-state index contributed by atoms with van der Waals surface area (Å²) in [4.78, 5) is 22.0. The van der Waals surface area contributed by atoms with Crippen molar-refractivity contribution in [2.45, 2.75) is 13.8 Å². The number of nitrogens with one attached hydrogen (secondary N) is 2. The van der Waals surface area contributed by atoms with E-state index in [-0.39, 0.29) is 11.8 Å². The highest BCUT2D eigenvalue weighted by Crippen LogP contribution is 2.49. The number of hydrogen-bond acceptors (Lipinski definition) is 5. The van der Waals surface area contributed by atoms with Crippen LogP contribution < -0.4 is 20.1 Å². The van der Waals surface area contributed by atoms with Crippen molar-refractivity contribution in [1.82, 2.24) is 0 Å². The van der Waals surface area contributed by atoms with E-state index in [1.54, 1.807) is 0 Å². The van der Waals surface area contributed by atoms with E-state index < -0.39 is 0 Å². The zero-order valence-electron chi connectivity index (χ0n) is 10.0. The summed E-state index contributed by atoms with van der Waals surface area (Å²) >= 11 is 1.18. The van der Waals surface area contributed by atoms with E-state index in [0.29, 0.717) is 21.5 Å². The zero-order valence-corrected chi connectivity index (χ0v) is 10.9. The molecule has 0 radical (unpaired) electrons. The molecule has 0 aliphatic heterocycles. The van der Waals surface area contributed by atoms with Crippen molar-refractivity contribution in [1.29, 1.82) is 0 Å². The number of rotatable bonds is 4. The maximum absolute atomic E-state index is 11.0. The van der Waals surface area contributed by atoms with Crippen LogP contribution in [0.2, 0.25) is 0 Å². The lowest BCUT2D eigenvalue weighted by molar-refractivity contribution is -0.115. The maximum Gasteiger partial charge on any atom is 0.221 e. The lowest BCUT2D eigenvalue weighted by Crippen LogP contribution is -2.05. The minimum atomic E-state index is -0.221. The molecule has 0 unspecified atom stereocenters. The van der Waals surface area contributed by atoms with Gasteiger partial charge in [0.15, 0.2) is 11.5 Å². The van der Waals surface area contributed by atoms with E-state index in [0.717, 1.165) is 0 Å². The number of carbonyl (C=O) groups excluding carboxylic acids is 2. The first-order valence-electron chi connectivity index (χ1n) is 4.79. The topological polar surface area (TPSA) is 76.7 Å². The van der Waals surface area contributed by atoms with Crippen molar-refractivity contribution < 1.29 is 19.1 Å². The summed E-state index contributed by atoms with van der Waals surface area (Å²) < 4.78 is 10.3. The van der Waals surface area contributed by atoms with Gasteiger partial charge in [-0.1, -0.05) is 11.3 Å². The molecule has 0 aliphatic rings. The molecule has 0 aliphatic carbocycles. The highest BCUT2D eigenvalue weighted by Gasteiger charge is 2.21. The van der Waals surface area contributed by atoms with Crippen LogP contribution in [0.1, 0.15) is 13.8 Å². The second-order valence-electron chi connectivity index (χ2n) is 3.19. The van der Waals surface area contributed by atoms with E-state index in [1.165, 1.54) is 39.4 Å². The Bertz CT molecular complexity index is 403. The predicted octanol–water partition coefficient (Wildman–Crippen LogP) is 1.68. The van der Waals surface area contributed by atoms with E-state index in [2.05, 4.69) is 10.6 Å². The largest absolute Gasteiger partial charge is 0.490 e. The minimum absolute atomic E-state index is 0.221. The van der Waals surface area contributed by atoms with Gasteiger partial charge in [0, 0.05) is 13.8 Å². The van der Waals surface area contributed by atoms with Crippen LogP contribution in [0, 0.1) is 0 Å². The zero-order chi connectivity index (χ0) is 13.0. The van der Waals surface area contributed by atoms with Gasteiger partial charge in [-0.25, -0.2) is 0 Å². The Balaban J connectivity index is 3.17. The van der Waals surface area contributed by atoms with E-state index in [1.807, 2.05) is 0 Å². The normalized spacial score (nSPS) is 9.65. The Hall–Kier alpha value is -1.76. The molecular formula is C10H14N2O4S. The molecule has 0 fully saturated rings. The fourth-order valence-electron chi connectivity index (χ4n) is 1.26. The van der Waals surface area contributed by atoms with Gasteiger partial charge in [0.05, 0.1) is 14.2 Å². The first kappa shape index (κ1) is 13.3. The number of ether oxygens (including phenoxy) is 2. The lowest BCUT2D eigenvalue weighted by Gasteiger charge is -2.05. The summed E-state index contributed by atoms with van der Waals surface area (Å²) in [5.41, 5.74) is 0. The number of amides is 2. The fourth-order valence-corrected chi connectivity index (χ4v) is 2.39. The molecule has 0 spiro atoms. The Morgan fingerprint density at radius 3 is 1.53 bits per heavy atom. The van der Waals surface area contributed by atoms with Crippen molar-refractivity contribution in [2.24, 2.45) is 0 Å². The van der Waals surface area contributed by atoms with Crippen molar-refractivity contribution in [2.75, 3.05) is 24.9 Å². The second kappa shape index (κ2) is 5.53. The molecule has 1 heterocycles. The van der Waals surface area contributed by atoms with Crippen LogP contribution in [-0.2, 0) is 9.59 Å². The highest BCUT2D eigenvalue weighted by atomic mass is 32.1. The van der Waals surface area contributed by atoms with Crippen LogP contribution in [0.3, 0.4) is 0 Å². The van der Waals surface area contributed by atoms with E-state index >= 15 is 0 Å². The lowest BCUT2D eigenvalue weighted by atomic mass is 10.4. The SMILES string of the molecule is COc1c(NC(C)=O)sc(NC(C)=O)c1OC. The van der Waals surface area contributed by atoms with Crippen LogP contribution in [0.5, 0.6) is 11.5 Å². The molecule has 6 nitrogen and oxygen atoms in total. The number of anilines is 2. The third-order valence-corrected chi connectivity index (χ3v) is 2.79. The molecule has 2 N–H and O–H groups in total. The van der Waals surface area contributed by atoms with Crippen LogP contribution in [-0.4, -0.2) is 26.0 Å². The van der Waals surface area contributed by atoms with Gasteiger partial charge in [-0.05, 0) is 0 Å². The van der Waals surface area contributed by atoms with Gasteiger partial charge >= 0.3 is 0 Å². The average Bonchev–Trinajstić information content (AvgIpc) is 2.52. The average molecular weight is 258 g/mol. The molecule has 0 saturated heterocycles. The molecule has 17 heavy (non-hydrogen) atoms. The molecule has 1 rings (SSSR count). The Kier molecular flexibility index (Phi) is 4.33. The smallest absolute Gasteiger partial charge is 0.221 e. The molecule has 0 atom stereocenters. The second-order valence-corrected chi connectivity index (χ2v) is 4.21. The van der Waals surface area contributed by atoms with Gasteiger partial charge in [-0.15, -0.1) is 0 Å². The fraction of sp³-hybridized carbons (Fsp3) is 0.400. The Morgan fingerprint density at radius 1 is 0.941 bits per heavy atom. The molecule has 1 aromatic heterocycles. The van der Waals surface area contributed by atoms with E-state index in [4.69, 9.17) is 9.47 Å². The minimum Gasteiger partial charge on any atom is -0.490 e. The molecule has 2 amide bonds. The number of carbonyl (C=O) groups is 2. The van der Waals surface area contributed by atoms with Gasteiger partial charge in [0.1, 0.15) is 10.0 Å². The molecule has 7 heteroatoms. The molecule has 0 saturated carbocycles.